The fourth-order valence-corrected chi connectivity index (χ4v) is 1.73. The second-order valence-electron chi connectivity index (χ2n) is 3.92. The fourth-order valence-electron chi connectivity index (χ4n) is 1.73. The van der Waals surface area contributed by atoms with Gasteiger partial charge in [-0.2, -0.15) is 5.10 Å². The van der Waals surface area contributed by atoms with Gasteiger partial charge >= 0.3 is 0 Å². The van der Waals surface area contributed by atoms with Gasteiger partial charge in [0.15, 0.2) is 5.82 Å². The number of aromatic amines is 1. The van der Waals surface area contributed by atoms with E-state index < -0.39 is 0 Å². The van der Waals surface area contributed by atoms with Crippen LogP contribution < -0.4 is 0 Å². The molecule has 0 aliphatic rings. The van der Waals surface area contributed by atoms with Crippen LogP contribution in [0, 0.1) is 6.92 Å². The van der Waals surface area contributed by atoms with Crippen LogP contribution in [0.1, 0.15) is 18.1 Å². The number of hydrogen-bond donors (Lipinski definition) is 1. The number of aryl methyl sites for hydroxylation is 1. The Bertz CT molecular complexity index is 503. The molecule has 0 aliphatic carbocycles. The Balaban J connectivity index is 2.40. The van der Waals surface area contributed by atoms with Gasteiger partial charge in [0.25, 0.3) is 0 Å². The molecule has 0 radical (unpaired) electrons. The van der Waals surface area contributed by atoms with Crippen LogP contribution in [0.25, 0.3) is 11.4 Å². The first-order chi connectivity index (χ1) is 7.65. The Hall–Kier alpha value is -1.97. The molecule has 0 saturated carbocycles. The summed E-state index contributed by atoms with van der Waals surface area (Å²) >= 11 is 0. The monoisotopic (exact) mass is 215 g/mol. The lowest BCUT2D eigenvalue weighted by Gasteiger charge is -2.04. The molecule has 4 nitrogen and oxygen atoms in total. The van der Waals surface area contributed by atoms with E-state index in [9.17, 15) is 4.79 Å². The number of rotatable bonds is 3. The molecule has 1 N–H and O–H groups in total. The number of ketones is 1. The van der Waals surface area contributed by atoms with E-state index in [-0.39, 0.29) is 5.78 Å². The number of carbonyl (C=O) groups is 1. The molecule has 1 aromatic carbocycles. The van der Waals surface area contributed by atoms with Crippen LogP contribution in [-0.2, 0) is 11.2 Å². The highest BCUT2D eigenvalue weighted by Crippen LogP contribution is 2.18. The minimum Gasteiger partial charge on any atom is -0.300 e. The average molecular weight is 215 g/mol. The van der Waals surface area contributed by atoms with Crippen molar-refractivity contribution in [2.75, 3.05) is 0 Å². The summed E-state index contributed by atoms with van der Waals surface area (Å²) in [6.07, 6.45) is 1.94. The van der Waals surface area contributed by atoms with Crippen molar-refractivity contribution < 1.29 is 4.79 Å². The number of hydrogen-bond acceptors (Lipinski definition) is 3. The van der Waals surface area contributed by atoms with Gasteiger partial charge < -0.3 is 0 Å². The zero-order chi connectivity index (χ0) is 11.5. The third kappa shape index (κ3) is 2.34. The van der Waals surface area contributed by atoms with Crippen molar-refractivity contribution in [2.24, 2.45) is 0 Å². The molecule has 0 bridgehead atoms. The van der Waals surface area contributed by atoms with Gasteiger partial charge in [0.2, 0.25) is 0 Å². The van der Waals surface area contributed by atoms with E-state index in [4.69, 9.17) is 0 Å². The standard InChI is InChI=1S/C12H13N3O/c1-8-3-10(5-9(2)16)6-11(4-8)12-13-7-14-15-12/h3-4,6-7H,5H2,1-2H3,(H,13,14,15). The minimum absolute atomic E-state index is 0.161. The Morgan fingerprint density at radius 3 is 2.81 bits per heavy atom. The largest absolute Gasteiger partial charge is 0.300 e. The number of benzene rings is 1. The quantitative estimate of drug-likeness (QED) is 0.850. The van der Waals surface area contributed by atoms with Gasteiger partial charge in [-0.05, 0) is 31.5 Å². The van der Waals surface area contributed by atoms with E-state index >= 15 is 0 Å². The second kappa shape index (κ2) is 4.26. The summed E-state index contributed by atoms with van der Waals surface area (Å²) < 4.78 is 0. The number of H-pyrrole nitrogens is 1. The van der Waals surface area contributed by atoms with Crippen molar-refractivity contribution in [2.45, 2.75) is 20.3 Å². The Labute approximate surface area is 93.7 Å². The van der Waals surface area contributed by atoms with Gasteiger partial charge in [-0.3, -0.25) is 9.89 Å². The molecule has 0 aliphatic heterocycles. The number of nitrogens with zero attached hydrogens (tertiary/aromatic N) is 2. The zero-order valence-electron chi connectivity index (χ0n) is 9.32. The summed E-state index contributed by atoms with van der Waals surface area (Å²) in [6.45, 7) is 3.60. The molecule has 0 amide bonds. The van der Waals surface area contributed by atoms with Gasteiger partial charge in [-0.1, -0.05) is 11.6 Å². The Morgan fingerprint density at radius 2 is 2.19 bits per heavy atom. The van der Waals surface area contributed by atoms with Crippen LogP contribution in [0.2, 0.25) is 0 Å². The SMILES string of the molecule is CC(=O)Cc1cc(C)cc(-c2ncn[nH]2)c1. The molecular weight excluding hydrogens is 202 g/mol. The zero-order valence-corrected chi connectivity index (χ0v) is 9.32. The molecule has 4 heteroatoms. The van der Waals surface area contributed by atoms with Crippen LogP contribution in [-0.4, -0.2) is 21.0 Å². The summed E-state index contributed by atoms with van der Waals surface area (Å²) in [7, 11) is 0. The average Bonchev–Trinajstić information content (AvgIpc) is 2.67. The lowest BCUT2D eigenvalue weighted by atomic mass is 10.0. The lowest BCUT2D eigenvalue weighted by Crippen LogP contribution is -1.97. The maximum atomic E-state index is 11.1. The van der Waals surface area contributed by atoms with E-state index in [0.717, 1.165) is 22.5 Å². The maximum absolute atomic E-state index is 11.1. The van der Waals surface area contributed by atoms with Crippen molar-refractivity contribution in [1.82, 2.24) is 15.2 Å². The van der Waals surface area contributed by atoms with Crippen LogP contribution >= 0.6 is 0 Å². The molecule has 0 fully saturated rings. The van der Waals surface area contributed by atoms with Crippen molar-refractivity contribution in [3.05, 3.63) is 35.7 Å². The van der Waals surface area contributed by atoms with Crippen molar-refractivity contribution in [1.29, 1.82) is 0 Å². The molecule has 0 saturated heterocycles. The number of Topliss-reactive ketones (excluding diaryl/α,β-unsaturated/α-hetero) is 1. The third-order valence-electron chi connectivity index (χ3n) is 2.28. The molecule has 1 aromatic heterocycles. The summed E-state index contributed by atoms with van der Waals surface area (Å²) in [6, 6.07) is 6.00. The normalized spacial score (nSPS) is 10.4. The molecule has 0 atom stereocenters. The van der Waals surface area contributed by atoms with E-state index in [0.29, 0.717) is 6.42 Å². The molecule has 1 heterocycles. The van der Waals surface area contributed by atoms with Crippen LogP contribution in [0.4, 0.5) is 0 Å². The molecule has 82 valence electrons. The van der Waals surface area contributed by atoms with Gasteiger partial charge in [0, 0.05) is 12.0 Å². The fraction of sp³-hybridized carbons (Fsp3) is 0.250. The van der Waals surface area contributed by atoms with E-state index in [1.807, 2.05) is 25.1 Å². The highest BCUT2D eigenvalue weighted by Gasteiger charge is 2.05. The minimum atomic E-state index is 0.161. The first-order valence-corrected chi connectivity index (χ1v) is 5.11. The van der Waals surface area contributed by atoms with Gasteiger partial charge in [-0.25, -0.2) is 4.98 Å². The third-order valence-corrected chi connectivity index (χ3v) is 2.28. The van der Waals surface area contributed by atoms with Gasteiger partial charge in [0.05, 0.1) is 0 Å². The second-order valence-corrected chi connectivity index (χ2v) is 3.92. The molecular formula is C12H13N3O. The van der Waals surface area contributed by atoms with Crippen molar-refractivity contribution in [3.63, 3.8) is 0 Å². The highest BCUT2D eigenvalue weighted by atomic mass is 16.1. The first kappa shape index (κ1) is 10.5. The van der Waals surface area contributed by atoms with E-state index in [1.165, 1.54) is 6.33 Å². The van der Waals surface area contributed by atoms with Gasteiger partial charge in [0.1, 0.15) is 12.1 Å². The lowest BCUT2D eigenvalue weighted by molar-refractivity contribution is -0.116. The summed E-state index contributed by atoms with van der Waals surface area (Å²) in [5, 5.41) is 6.63. The van der Waals surface area contributed by atoms with Crippen LogP contribution in [0.5, 0.6) is 0 Å². The van der Waals surface area contributed by atoms with Crippen LogP contribution in [0.3, 0.4) is 0 Å². The van der Waals surface area contributed by atoms with Gasteiger partial charge in [-0.15, -0.1) is 0 Å². The molecule has 2 rings (SSSR count). The smallest absolute Gasteiger partial charge is 0.155 e. The highest BCUT2D eigenvalue weighted by molar-refractivity contribution is 5.78. The molecule has 16 heavy (non-hydrogen) atoms. The van der Waals surface area contributed by atoms with Crippen molar-refractivity contribution in [3.8, 4) is 11.4 Å². The first-order valence-electron chi connectivity index (χ1n) is 5.11. The summed E-state index contributed by atoms with van der Waals surface area (Å²) in [4.78, 5) is 15.2. The molecule has 2 aromatic rings. The maximum Gasteiger partial charge on any atom is 0.155 e. The summed E-state index contributed by atoms with van der Waals surface area (Å²) in [5.41, 5.74) is 3.10. The predicted molar refractivity (Wildman–Crippen MR) is 60.9 cm³/mol. The van der Waals surface area contributed by atoms with Crippen molar-refractivity contribution >= 4 is 5.78 Å². The topological polar surface area (TPSA) is 58.6 Å². The van der Waals surface area contributed by atoms with Crippen LogP contribution in [0.15, 0.2) is 24.5 Å². The number of carbonyl (C=O) groups excluding carboxylic acids is 1. The number of aromatic nitrogens is 3. The van der Waals surface area contributed by atoms with E-state index in [2.05, 4.69) is 15.2 Å². The molecule has 0 unspecified atom stereocenters. The Morgan fingerprint density at radius 1 is 1.38 bits per heavy atom. The number of nitrogens with one attached hydrogen (secondary N) is 1. The van der Waals surface area contributed by atoms with E-state index in [1.54, 1.807) is 6.92 Å². The predicted octanol–water partition coefficient (Wildman–Crippen LogP) is 1.91. The summed E-state index contributed by atoms with van der Waals surface area (Å²) in [5.74, 6) is 0.891. The Kier molecular flexibility index (Phi) is 2.81. The molecule has 0 spiro atoms.